The average Bonchev–Trinajstić information content (AvgIpc) is 3.68. The van der Waals surface area contributed by atoms with Gasteiger partial charge in [0.25, 0.3) is 0 Å². The number of hydrogen-bond acceptors (Lipinski definition) is 14. The number of phosphoric ester groups is 2. The van der Waals surface area contributed by atoms with Crippen molar-refractivity contribution in [1.29, 1.82) is 0 Å². The maximum Gasteiger partial charge on any atom is 0.472 e. The molecule has 16 nitrogen and oxygen atoms in total. The smallest absolute Gasteiger partial charge is 0.463 e. The summed E-state index contributed by atoms with van der Waals surface area (Å²) in [5, 5.41) is 20.5. The molecule has 0 fully saturated rings. The zero-order valence-electron chi connectivity index (χ0n) is 53.9. The molecule has 0 saturated carbocycles. The molecule has 0 aromatic carbocycles. The Morgan fingerprint density at radius 2 is 0.609 bits per heavy atom. The van der Waals surface area contributed by atoms with Crippen molar-refractivity contribution < 1.29 is 75.8 Å². The van der Waals surface area contributed by atoms with Crippen LogP contribution in [0.15, 0.2) is 109 Å². The van der Waals surface area contributed by atoms with Crippen molar-refractivity contribution in [2.45, 2.75) is 270 Å². The first kappa shape index (κ1) is 83.2. The quantitative estimate of drug-likeness (QED) is 0.0146. The number of aliphatic hydroxyl groups is 2. The molecule has 0 amide bonds. The molecule has 4 N–H and O–H groups in total. The summed E-state index contributed by atoms with van der Waals surface area (Å²) in [6.07, 6.45) is 68.5. The minimum Gasteiger partial charge on any atom is -0.463 e. The Bertz CT molecular complexity index is 2030. The van der Waals surface area contributed by atoms with Gasteiger partial charge in [0.15, 0.2) is 6.10 Å². The molecule has 500 valence electrons. The number of esters is 3. The Morgan fingerprint density at radius 1 is 0.333 bits per heavy atom. The van der Waals surface area contributed by atoms with Crippen molar-refractivity contribution >= 4 is 33.6 Å². The van der Waals surface area contributed by atoms with E-state index in [0.29, 0.717) is 19.3 Å². The van der Waals surface area contributed by atoms with Crippen LogP contribution in [0.3, 0.4) is 0 Å². The van der Waals surface area contributed by atoms with E-state index < -0.39 is 91.5 Å². The van der Waals surface area contributed by atoms with E-state index in [0.717, 1.165) is 173 Å². The van der Waals surface area contributed by atoms with Crippen molar-refractivity contribution in [3.8, 4) is 0 Å². The van der Waals surface area contributed by atoms with Gasteiger partial charge in [0.2, 0.25) is 0 Å². The Morgan fingerprint density at radius 3 is 0.966 bits per heavy atom. The summed E-state index contributed by atoms with van der Waals surface area (Å²) in [4.78, 5) is 58.3. The van der Waals surface area contributed by atoms with Crippen LogP contribution in [0.1, 0.15) is 252 Å². The first-order valence-electron chi connectivity index (χ1n) is 33.2. The van der Waals surface area contributed by atoms with Crippen LogP contribution in [0.25, 0.3) is 0 Å². The van der Waals surface area contributed by atoms with E-state index in [4.69, 9.17) is 32.3 Å². The monoisotopic (exact) mass is 1260 g/mol. The van der Waals surface area contributed by atoms with Gasteiger partial charge in [0.1, 0.15) is 25.4 Å². The third kappa shape index (κ3) is 63.6. The molecule has 0 rings (SSSR count). The van der Waals surface area contributed by atoms with Crippen LogP contribution in [0.2, 0.25) is 0 Å². The highest BCUT2D eigenvalue weighted by Gasteiger charge is 2.29. The fourth-order valence-corrected chi connectivity index (χ4v) is 10.0. The molecule has 0 aromatic heterocycles. The lowest BCUT2D eigenvalue weighted by molar-refractivity contribution is -0.161. The van der Waals surface area contributed by atoms with Crippen LogP contribution < -0.4 is 0 Å². The summed E-state index contributed by atoms with van der Waals surface area (Å²) in [7, 11) is -9.79. The summed E-state index contributed by atoms with van der Waals surface area (Å²) >= 11 is 0. The molecule has 0 spiro atoms. The van der Waals surface area contributed by atoms with Gasteiger partial charge < -0.3 is 34.2 Å². The fraction of sp³-hybridized carbons (Fsp3) is 0.696. The summed E-state index contributed by atoms with van der Waals surface area (Å²) in [6, 6.07) is 0. The van der Waals surface area contributed by atoms with E-state index in [-0.39, 0.29) is 19.3 Å². The molecular formula is C69H118O16P2. The molecule has 0 bridgehead atoms. The molecule has 0 aliphatic carbocycles. The molecule has 5 unspecified atom stereocenters. The first-order valence-corrected chi connectivity index (χ1v) is 36.2. The summed E-state index contributed by atoms with van der Waals surface area (Å²) in [5.41, 5.74) is 0. The van der Waals surface area contributed by atoms with Gasteiger partial charge in [-0.25, -0.2) is 9.13 Å². The van der Waals surface area contributed by atoms with Crippen molar-refractivity contribution in [3.05, 3.63) is 109 Å². The topological polar surface area (TPSA) is 231 Å². The summed E-state index contributed by atoms with van der Waals surface area (Å²) in [6.45, 7) is 2.36. The zero-order valence-corrected chi connectivity index (χ0v) is 55.7. The van der Waals surface area contributed by atoms with Crippen LogP contribution in [0.4, 0.5) is 0 Å². The van der Waals surface area contributed by atoms with Crippen LogP contribution >= 0.6 is 15.6 Å². The van der Waals surface area contributed by atoms with Gasteiger partial charge in [0.05, 0.1) is 26.4 Å². The van der Waals surface area contributed by atoms with Crippen molar-refractivity contribution in [3.63, 3.8) is 0 Å². The Hall–Kier alpha value is -3.79. The van der Waals surface area contributed by atoms with E-state index >= 15 is 0 Å². The number of hydrogen-bond donors (Lipinski definition) is 4. The van der Waals surface area contributed by atoms with E-state index in [2.05, 4.69) is 130 Å². The number of unbranched alkanes of at least 4 members (excludes halogenated alkanes) is 21. The molecule has 5 atom stereocenters. The molecule has 0 heterocycles. The van der Waals surface area contributed by atoms with Crippen LogP contribution in [-0.2, 0) is 55.8 Å². The molecule has 0 radical (unpaired) electrons. The highest BCUT2D eigenvalue weighted by molar-refractivity contribution is 7.47. The maximum absolute atomic E-state index is 12.9. The number of rotatable bonds is 62. The molecule has 18 heteroatoms. The predicted molar refractivity (Wildman–Crippen MR) is 353 cm³/mol. The lowest BCUT2D eigenvalue weighted by Gasteiger charge is -2.21. The van der Waals surface area contributed by atoms with Gasteiger partial charge >= 0.3 is 33.6 Å². The highest BCUT2D eigenvalue weighted by Crippen LogP contribution is 2.45. The largest absolute Gasteiger partial charge is 0.472 e. The Kier molecular flexibility index (Phi) is 59.7. The lowest BCUT2D eigenvalue weighted by Crippen LogP contribution is -2.30. The van der Waals surface area contributed by atoms with E-state index in [1.54, 1.807) is 0 Å². The van der Waals surface area contributed by atoms with Crippen LogP contribution in [0, 0.1) is 0 Å². The first-order chi connectivity index (χ1) is 42.2. The Labute approximate surface area is 526 Å². The second-order valence-electron chi connectivity index (χ2n) is 21.9. The minimum absolute atomic E-state index is 0.0842. The number of carbonyl (C=O) groups is 3. The molecular weight excluding hydrogens is 1150 g/mol. The molecule has 0 saturated heterocycles. The summed E-state index contributed by atoms with van der Waals surface area (Å²) < 4.78 is 60.8. The molecule has 0 aliphatic rings. The van der Waals surface area contributed by atoms with Crippen molar-refractivity contribution in [2.75, 3.05) is 39.6 Å². The summed E-state index contributed by atoms with van der Waals surface area (Å²) in [5.74, 6) is -1.62. The third-order valence-electron chi connectivity index (χ3n) is 13.5. The van der Waals surface area contributed by atoms with Crippen molar-refractivity contribution in [1.82, 2.24) is 0 Å². The Balaban J connectivity index is 4.70. The van der Waals surface area contributed by atoms with Crippen molar-refractivity contribution in [2.24, 2.45) is 0 Å². The van der Waals surface area contributed by atoms with Gasteiger partial charge in [-0.05, 0) is 122 Å². The van der Waals surface area contributed by atoms with E-state index in [1.165, 1.54) is 19.3 Å². The minimum atomic E-state index is -4.93. The van der Waals surface area contributed by atoms with Crippen LogP contribution in [0.5, 0.6) is 0 Å². The highest BCUT2D eigenvalue weighted by atomic mass is 31.2. The standard InChI is InChI=1S/C69H118O16P2/c1-4-7-10-13-16-19-22-25-28-30-31-33-36-37-40-43-46-49-52-55-67(72)79-58-64(70)59-81-86(75,76)82-60-65(71)61-83-87(77,78)84-63-66(85-69(74)57-54-51-48-45-42-39-34-27-24-21-18-15-12-9-6-3)62-80-68(73)56-53-50-47-44-41-38-35-32-29-26-23-20-17-14-11-8-5-2/h7-8,10-11,16-21,25-29,31,33-34,64-66,70-71H,4-6,9,12-15,22-24,30,32,35-63H2,1-3H3,(H,75,76)(H,77,78)/b10-7-,11-8-,19-16-,20-17-,21-18-,28-25-,29-26-,33-31-,34-27-. The second-order valence-corrected chi connectivity index (χ2v) is 24.8. The van der Waals surface area contributed by atoms with E-state index in [1.807, 2.05) is 0 Å². The van der Waals surface area contributed by atoms with Gasteiger partial charge in [0, 0.05) is 19.3 Å². The van der Waals surface area contributed by atoms with Gasteiger partial charge in [-0.15, -0.1) is 0 Å². The SMILES string of the molecule is CC/C=C\C/C=C\C/C=C\C/C=C\CCCCCCCCC(=O)OCC(O)COP(=O)(O)OCC(O)COP(=O)(O)OCC(COC(=O)CCCCCCCCC/C=C\C/C=C\C/C=C\CC)OC(=O)CCCCCCC/C=C\C/C=C\CCCCC. The van der Waals surface area contributed by atoms with Gasteiger partial charge in [-0.2, -0.15) is 0 Å². The number of allylic oxidation sites excluding steroid dienone is 18. The van der Waals surface area contributed by atoms with Crippen LogP contribution in [-0.4, -0.2) is 95.9 Å². The number of phosphoric acid groups is 2. The van der Waals surface area contributed by atoms with Gasteiger partial charge in [-0.3, -0.25) is 32.5 Å². The number of ether oxygens (including phenoxy) is 3. The fourth-order valence-electron chi connectivity index (χ4n) is 8.43. The number of carbonyl (C=O) groups excluding carboxylic acids is 3. The zero-order chi connectivity index (χ0) is 63.8. The lowest BCUT2D eigenvalue weighted by atomic mass is 10.1. The second kappa shape index (κ2) is 62.4. The third-order valence-corrected chi connectivity index (χ3v) is 15.4. The predicted octanol–water partition coefficient (Wildman–Crippen LogP) is 18.1. The molecule has 0 aromatic rings. The number of aliphatic hydroxyl groups excluding tert-OH is 2. The molecule has 0 aliphatic heterocycles. The van der Waals surface area contributed by atoms with Gasteiger partial charge in [-0.1, -0.05) is 220 Å². The average molecular weight is 1270 g/mol. The maximum atomic E-state index is 12.9. The van der Waals surface area contributed by atoms with E-state index in [9.17, 15) is 43.5 Å². The molecule has 87 heavy (non-hydrogen) atoms. The normalized spacial score (nSPS) is 15.0.